The van der Waals surface area contributed by atoms with Gasteiger partial charge in [-0.15, -0.1) is 0 Å². The van der Waals surface area contributed by atoms with Crippen LogP contribution in [0.1, 0.15) is 40.6 Å². The smallest absolute Gasteiger partial charge is 0.0926 e. The highest BCUT2D eigenvalue weighted by Crippen LogP contribution is 2.35. The number of rotatable bonds is 1. The first-order chi connectivity index (χ1) is 9.02. The number of nitrogens with one attached hydrogen (secondary N) is 2. The van der Waals surface area contributed by atoms with Crippen molar-refractivity contribution < 1.29 is 0 Å². The van der Waals surface area contributed by atoms with Crippen LogP contribution in [0.3, 0.4) is 0 Å². The fourth-order valence-electron chi connectivity index (χ4n) is 3.19. The molecular formula is C16H21N3. The lowest BCUT2D eigenvalue weighted by molar-refractivity contribution is 0.401. The highest BCUT2D eigenvalue weighted by Gasteiger charge is 2.36. The molecule has 0 saturated heterocycles. The zero-order valence-electron chi connectivity index (χ0n) is 12.1. The van der Waals surface area contributed by atoms with Gasteiger partial charge in [-0.3, -0.25) is 0 Å². The maximum Gasteiger partial charge on any atom is 0.0926 e. The Hall–Kier alpha value is -1.61. The summed E-state index contributed by atoms with van der Waals surface area (Å²) in [7, 11) is 0. The molecule has 2 heterocycles. The van der Waals surface area contributed by atoms with Gasteiger partial charge < -0.3 is 10.3 Å². The van der Waals surface area contributed by atoms with Crippen molar-refractivity contribution in [3.05, 3.63) is 52.1 Å². The van der Waals surface area contributed by atoms with Crippen LogP contribution in [0.5, 0.6) is 0 Å². The number of hydrogen-bond acceptors (Lipinski definition) is 2. The van der Waals surface area contributed by atoms with E-state index in [0.717, 1.165) is 18.7 Å². The quantitative estimate of drug-likeness (QED) is 0.822. The summed E-state index contributed by atoms with van der Waals surface area (Å²) in [6.07, 6.45) is 2.83. The standard InChI is InChI=1S/C16H21N3/c1-10-7-12(3)13(8-11(10)2)16(4)15-14(5-6-19-16)17-9-18-15/h7-9,19H,5-6H2,1-4H3,(H,17,18). The number of nitrogens with zero attached hydrogens (tertiary/aromatic N) is 1. The second-order valence-electron chi connectivity index (χ2n) is 5.78. The second kappa shape index (κ2) is 4.20. The van der Waals surface area contributed by atoms with E-state index in [0.29, 0.717) is 0 Å². The molecule has 1 unspecified atom stereocenters. The van der Waals surface area contributed by atoms with Crippen LogP contribution in [-0.4, -0.2) is 16.5 Å². The molecule has 0 aliphatic carbocycles. The van der Waals surface area contributed by atoms with Crippen molar-refractivity contribution in [2.24, 2.45) is 0 Å². The van der Waals surface area contributed by atoms with E-state index in [9.17, 15) is 0 Å². The van der Waals surface area contributed by atoms with Crippen LogP contribution in [0.25, 0.3) is 0 Å². The molecule has 0 saturated carbocycles. The molecule has 1 aliphatic heterocycles. The lowest BCUT2D eigenvalue weighted by Crippen LogP contribution is -2.46. The molecule has 3 nitrogen and oxygen atoms in total. The number of aryl methyl sites for hydroxylation is 3. The lowest BCUT2D eigenvalue weighted by atomic mass is 9.81. The van der Waals surface area contributed by atoms with E-state index in [2.05, 4.69) is 55.1 Å². The fourth-order valence-corrected chi connectivity index (χ4v) is 3.19. The van der Waals surface area contributed by atoms with Gasteiger partial charge in [0.1, 0.15) is 0 Å². The van der Waals surface area contributed by atoms with Crippen molar-refractivity contribution in [3.8, 4) is 0 Å². The van der Waals surface area contributed by atoms with Crippen LogP contribution in [-0.2, 0) is 12.0 Å². The van der Waals surface area contributed by atoms with Crippen molar-refractivity contribution in [1.29, 1.82) is 0 Å². The largest absolute Gasteiger partial charge is 0.348 e. The first-order valence-corrected chi connectivity index (χ1v) is 6.88. The van der Waals surface area contributed by atoms with Crippen LogP contribution in [0.4, 0.5) is 0 Å². The third-order valence-electron chi connectivity index (χ3n) is 4.42. The number of fused-ring (bicyclic) bond motifs is 1. The summed E-state index contributed by atoms with van der Waals surface area (Å²) in [5.41, 5.74) is 7.58. The summed E-state index contributed by atoms with van der Waals surface area (Å²) in [5.74, 6) is 0. The van der Waals surface area contributed by atoms with Gasteiger partial charge in [0.15, 0.2) is 0 Å². The number of aromatic nitrogens is 2. The van der Waals surface area contributed by atoms with E-state index < -0.39 is 0 Å². The minimum absolute atomic E-state index is 0.184. The van der Waals surface area contributed by atoms with Gasteiger partial charge in [0.2, 0.25) is 0 Å². The minimum Gasteiger partial charge on any atom is -0.348 e. The number of H-pyrrole nitrogens is 1. The zero-order valence-corrected chi connectivity index (χ0v) is 12.1. The average molecular weight is 255 g/mol. The first-order valence-electron chi connectivity index (χ1n) is 6.88. The van der Waals surface area contributed by atoms with Crippen molar-refractivity contribution in [3.63, 3.8) is 0 Å². The van der Waals surface area contributed by atoms with Gasteiger partial charge in [-0.2, -0.15) is 0 Å². The van der Waals surface area contributed by atoms with Crippen LogP contribution in [0.15, 0.2) is 18.5 Å². The van der Waals surface area contributed by atoms with Gasteiger partial charge in [-0.1, -0.05) is 12.1 Å². The highest BCUT2D eigenvalue weighted by atomic mass is 15.1. The number of aromatic amines is 1. The molecule has 19 heavy (non-hydrogen) atoms. The molecule has 0 radical (unpaired) electrons. The molecular weight excluding hydrogens is 234 g/mol. The van der Waals surface area contributed by atoms with E-state index in [1.165, 1.54) is 27.9 Å². The average Bonchev–Trinajstić information content (AvgIpc) is 2.83. The van der Waals surface area contributed by atoms with Gasteiger partial charge in [0.05, 0.1) is 17.6 Å². The molecule has 3 rings (SSSR count). The van der Waals surface area contributed by atoms with Crippen molar-refractivity contribution >= 4 is 0 Å². The Labute approximate surface area is 114 Å². The van der Waals surface area contributed by atoms with E-state index in [1.807, 2.05) is 6.33 Å². The molecule has 1 aliphatic rings. The van der Waals surface area contributed by atoms with Crippen LogP contribution in [0.2, 0.25) is 0 Å². The Balaban J connectivity index is 2.20. The monoisotopic (exact) mass is 255 g/mol. The van der Waals surface area contributed by atoms with Gasteiger partial charge in [-0.05, 0) is 49.9 Å². The molecule has 1 aromatic carbocycles. The Morgan fingerprint density at radius 3 is 2.63 bits per heavy atom. The zero-order chi connectivity index (χ0) is 13.6. The van der Waals surface area contributed by atoms with E-state index >= 15 is 0 Å². The minimum atomic E-state index is -0.184. The molecule has 0 fully saturated rings. The van der Waals surface area contributed by atoms with Crippen LogP contribution >= 0.6 is 0 Å². The molecule has 0 amide bonds. The number of benzene rings is 1. The Kier molecular flexibility index (Phi) is 2.75. The summed E-state index contributed by atoms with van der Waals surface area (Å²) >= 11 is 0. The maximum absolute atomic E-state index is 4.56. The van der Waals surface area contributed by atoms with Crippen molar-refractivity contribution in [2.75, 3.05) is 6.54 Å². The van der Waals surface area contributed by atoms with E-state index in [1.54, 1.807) is 0 Å². The van der Waals surface area contributed by atoms with Crippen molar-refractivity contribution in [2.45, 2.75) is 39.7 Å². The molecule has 2 aromatic rings. The summed E-state index contributed by atoms with van der Waals surface area (Å²) in [4.78, 5) is 7.84. The Bertz CT molecular complexity index is 627. The topological polar surface area (TPSA) is 40.7 Å². The molecule has 2 N–H and O–H groups in total. The van der Waals surface area contributed by atoms with Gasteiger partial charge in [-0.25, -0.2) is 4.98 Å². The third-order valence-corrected chi connectivity index (χ3v) is 4.42. The summed E-state index contributed by atoms with van der Waals surface area (Å²) in [5, 5.41) is 3.66. The van der Waals surface area contributed by atoms with Gasteiger partial charge >= 0.3 is 0 Å². The van der Waals surface area contributed by atoms with Gasteiger partial charge in [0.25, 0.3) is 0 Å². The Morgan fingerprint density at radius 1 is 1.11 bits per heavy atom. The molecule has 100 valence electrons. The third kappa shape index (κ3) is 1.80. The SMILES string of the molecule is Cc1cc(C)c(C2(C)NCCc3[nH]cnc32)cc1C. The Morgan fingerprint density at radius 2 is 1.84 bits per heavy atom. The van der Waals surface area contributed by atoms with Crippen LogP contribution in [0, 0.1) is 20.8 Å². The summed E-state index contributed by atoms with van der Waals surface area (Å²) in [6, 6.07) is 4.58. The maximum atomic E-state index is 4.56. The number of imidazole rings is 1. The predicted molar refractivity (Wildman–Crippen MR) is 77.4 cm³/mol. The highest BCUT2D eigenvalue weighted by molar-refractivity contribution is 5.46. The molecule has 1 aromatic heterocycles. The van der Waals surface area contributed by atoms with E-state index in [4.69, 9.17) is 0 Å². The fraction of sp³-hybridized carbons (Fsp3) is 0.438. The molecule has 0 bridgehead atoms. The first kappa shape index (κ1) is 12.4. The summed E-state index contributed by atoms with van der Waals surface area (Å²) in [6.45, 7) is 9.76. The normalized spacial score (nSPS) is 22.3. The van der Waals surface area contributed by atoms with Crippen molar-refractivity contribution in [1.82, 2.24) is 15.3 Å². The second-order valence-corrected chi connectivity index (χ2v) is 5.78. The molecule has 3 heteroatoms. The molecule has 0 spiro atoms. The van der Waals surface area contributed by atoms with Crippen LogP contribution < -0.4 is 5.32 Å². The van der Waals surface area contributed by atoms with Gasteiger partial charge in [0, 0.05) is 18.7 Å². The number of hydrogen-bond donors (Lipinski definition) is 2. The lowest BCUT2D eigenvalue weighted by Gasteiger charge is -2.36. The molecule has 1 atom stereocenters. The predicted octanol–water partition coefficient (Wildman–Crippen LogP) is 2.74. The summed E-state index contributed by atoms with van der Waals surface area (Å²) < 4.78 is 0. The van der Waals surface area contributed by atoms with E-state index in [-0.39, 0.29) is 5.54 Å².